The van der Waals surface area contributed by atoms with Crippen molar-refractivity contribution in [3.63, 3.8) is 0 Å². The van der Waals surface area contributed by atoms with Gasteiger partial charge in [-0.25, -0.2) is 0 Å². The summed E-state index contributed by atoms with van der Waals surface area (Å²) in [6.45, 7) is 9.12. The van der Waals surface area contributed by atoms with Gasteiger partial charge in [-0.15, -0.1) is 0 Å². The molecule has 1 aromatic rings. The number of carbonyl (C=O) groups is 3. The Hall–Kier alpha value is -1.97. The molecule has 1 aliphatic heterocycles. The summed E-state index contributed by atoms with van der Waals surface area (Å²) in [7, 11) is 0. The van der Waals surface area contributed by atoms with Crippen LogP contribution in [-0.4, -0.2) is 29.0 Å². The van der Waals surface area contributed by atoms with E-state index in [-0.39, 0.29) is 30.6 Å². The van der Waals surface area contributed by atoms with Crippen LogP contribution >= 0.6 is 0 Å². The smallest absolute Gasteiger partial charge is 0.235 e. The van der Waals surface area contributed by atoms with Gasteiger partial charge >= 0.3 is 0 Å². The maximum absolute atomic E-state index is 12.4. The summed E-state index contributed by atoms with van der Waals surface area (Å²) < 4.78 is 0. The molecular weight excluding hydrogens is 266 g/mol. The van der Waals surface area contributed by atoms with Crippen LogP contribution in [-0.2, 0) is 9.59 Å². The molecule has 0 saturated carbocycles. The Morgan fingerprint density at radius 3 is 2.19 bits per heavy atom. The van der Waals surface area contributed by atoms with Crippen LogP contribution in [0, 0.1) is 26.2 Å². The number of hydrogen-bond acceptors (Lipinski definition) is 3. The molecule has 0 bridgehead atoms. The second-order valence-corrected chi connectivity index (χ2v) is 6.52. The summed E-state index contributed by atoms with van der Waals surface area (Å²) in [5, 5.41) is 0. The Labute approximate surface area is 125 Å². The van der Waals surface area contributed by atoms with Crippen molar-refractivity contribution >= 4 is 17.6 Å². The van der Waals surface area contributed by atoms with E-state index < -0.39 is 5.41 Å². The largest absolute Gasteiger partial charge is 0.292 e. The third kappa shape index (κ3) is 2.75. The molecule has 2 amide bonds. The zero-order valence-electron chi connectivity index (χ0n) is 13.2. The normalized spacial score (nSPS) is 17.5. The monoisotopic (exact) mass is 287 g/mol. The van der Waals surface area contributed by atoms with E-state index in [1.165, 1.54) is 0 Å². The minimum absolute atomic E-state index is 0.162. The third-order valence-electron chi connectivity index (χ3n) is 4.16. The van der Waals surface area contributed by atoms with E-state index >= 15 is 0 Å². The van der Waals surface area contributed by atoms with Gasteiger partial charge in [0, 0.05) is 12.0 Å². The van der Waals surface area contributed by atoms with Crippen LogP contribution in [0.4, 0.5) is 0 Å². The molecule has 1 heterocycles. The molecule has 1 saturated heterocycles. The van der Waals surface area contributed by atoms with Crippen LogP contribution in [0.25, 0.3) is 0 Å². The second-order valence-electron chi connectivity index (χ2n) is 6.52. The highest BCUT2D eigenvalue weighted by Crippen LogP contribution is 2.31. The predicted molar refractivity (Wildman–Crippen MR) is 80.1 cm³/mol. The lowest BCUT2D eigenvalue weighted by Crippen LogP contribution is -2.37. The average molecular weight is 287 g/mol. The lowest BCUT2D eigenvalue weighted by molar-refractivity contribution is -0.140. The van der Waals surface area contributed by atoms with Crippen molar-refractivity contribution in [3.05, 3.63) is 34.4 Å². The highest BCUT2D eigenvalue weighted by Gasteiger charge is 2.45. The van der Waals surface area contributed by atoms with Crippen LogP contribution in [0.1, 0.15) is 47.3 Å². The molecule has 0 radical (unpaired) electrons. The van der Waals surface area contributed by atoms with E-state index in [0.717, 1.165) is 21.6 Å². The zero-order valence-corrected chi connectivity index (χ0v) is 13.2. The number of benzene rings is 1. The van der Waals surface area contributed by atoms with Gasteiger partial charge in [-0.1, -0.05) is 19.9 Å². The van der Waals surface area contributed by atoms with Gasteiger partial charge in [-0.05, 0) is 43.5 Å². The summed E-state index contributed by atoms with van der Waals surface area (Å²) in [5.41, 5.74) is 2.92. The Bertz CT molecular complexity index is 644. The molecule has 0 N–H and O–H groups in total. The summed E-state index contributed by atoms with van der Waals surface area (Å²) in [6.07, 6.45) is 0.172. The molecule has 0 aliphatic carbocycles. The molecule has 4 nitrogen and oxygen atoms in total. The molecule has 0 atom stereocenters. The highest BCUT2D eigenvalue weighted by molar-refractivity contribution is 6.10. The Kier molecular flexibility index (Phi) is 3.74. The SMILES string of the molecule is Cc1cc(C)c(C(=O)CN2C(=O)CC(C)(C)C2=O)cc1C. The molecule has 1 aromatic carbocycles. The number of hydrogen-bond donors (Lipinski definition) is 0. The van der Waals surface area contributed by atoms with Crippen molar-refractivity contribution in [1.82, 2.24) is 4.90 Å². The minimum atomic E-state index is -0.699. The number of carbonyl (C=O) groups excluding carboxylic acids is 3. The molecular formula is C17H21NO3. The first-order valence-electron chi connectivity index (χ1n) is 7.09. The number of likely N-dealkylation sites (tertiary alicyclic amines) is 1. The van der Waals surface area contributed by atoms with Crippen molar-refractivity contribution < 1.29 is 14.4 Å². The second kappa shape index (κ2) is 5.10. The minimum Gasteiger partial charge on any atom is -0.292 e. The van der Waals surface area contributed by atoms with Gasteiger partial charge in [0.1, 0.15) is 0 Å². The fourth-order valence-corrected chi connectivity index (χ4v) is 2.68. The van der Waals surface area contributed by atoms with Crippen molar-refractivity contribution in [3.8, 4) is 0 Å². The number of nitrogens with zero attached hydrogens (tertiary/aromatic N) is 1. The number of rotatable bonds is 3. The first kappa shape index (κ1) is 15.4. The van der Waals surface area contributed by atoms with Crippen LogP contribution < -0.4 is 0 Å². The van der Waals surface area contributed by atoms with Crippen LogP contribution in [0.3, 0.4) is 0 Å². The summed E-state index contributed by atoms with van der Waals surface area (Å²) in [4.78, 5) is 37.6. The molecule has 0 aromatic heterocycles. The number of aryl methyl sites for hydroxylation is 3. The Morgan fingerprint density at radius 2 is 1.67 bits per heavy atom. The Morgan fingerprint density at radius 1 is 1.10 bits per heavy atom. The summed E-state index contributed by atoms with van der Waals surface area (Å²) in [5.74, 6) is -0.711. The first-order chi connectivity index (χ1) is 9.63. The average Bonchev–Trinajstić information content (AvgIpc) is 2.56. The fourth-order valence-electron chi connectivity index (χ4n) is 2.68. The van der Waals surface area contributed by atoms with Gasteiger partial charge < -0.3 is 0 Å². The molecule has 1 aliphatic rings. The van der Waals surface area contributed by atoms with E-state index in [2.05, 4.69) is 0 Å². The molecule has 2 rings (SSSR count). The quantitative estimate of drug-likeness (QED) is 0.634. The molecule has 1 fully saturated rings. The van der Waals surface area contributed by atoms with E-state index in [1.54, 1.807) is 13.8 Å². The van der Waals surface area contributed by atoms with Gasteiger partial charge in [0.15, 0.2) is 5.78 Å². The Balaban J connectivity index is 2.25. The number of imide groups is 1. The van der Waals surface area contributed by atoms with E-state index in [9.17, 15) is 14.4 Å². The molecule has 0 spiro atoms. The van der Waals surface area contributed by atoms with E-state index in [4.69, 9.17) is 0 Å². The lowest BCUT2D eigenvalue weighted by Gasteiger charge is -2.18. The topological polar surface area (TPSA) is 54.5 Å². The van der Waals surface area contributed by atoms with Crippen LogP contribution in [0.15, 0.2) is 12.1 Å². The van der Waals surface area contributed by atoms with E-state index in [1.807, 2.05) is 32.9 Å². The molecule has 4 heteroatoms. The maximum atomic E-state index is 12.4. The summed E-state index contributed by atoms with van der Waals surface area (Å²) >= 11 is 0. The third-order valence-corrected chi connectivity index (χ3v) is 4.16. The van der Waals surface area contributed by atoms with Gasteiger partial charge in [-0.3, -0.25) is 19.3 Å². The van der Waals surface area contributed by atoms with Gasteiger partial charge in [-0.2, -0.15) is 0 Å². The van der Waals surface area contributed by atoms with Gasteiger partial charge in [0.25, 0.3) is 0 Å². The molecule has 112 valence electrons. The maximum Gasteiger partial charge on any atom is 0.235 e. The van der Waals surface area contributed by atoms with Crippen LogP contribution in [0.5, 0.6) is 0 Å². The lowest BCUT2D eigenvalue weighted by atomic mass is 9.92. The number of amides is 2. The van der Waals surface area contributed by atoms with Crippen molar-refractivity contribution in [2.45, 2.75) is 41.0 Å². The van der Waals surface area contributed by atoms with Crippen molar-refractivity contribution in [1.29, 1.82) is 0 Å². The van der Waals surface area contributed by atoms with Gasteiger partial charge in [0.05, 0.1) is 12.0 Å². The van der Waals surface area contributed by atoms with E-state index in [0.29, 0.717) is 5.56 Å². The highest BCUT2D eigenvalue weighted by atomic mass is 16.2. The number of Topliss-reactive ketones (excluding diaryl/α,β-unsaturated/α-hetero) is 1. The standard InChI is InChI=1S/C17H21NO3/c1-10-6-12(3)13(7-11(10)2)14(19)9-18-15(20)8-17(4,5)16(18)21/h6-7H,8-9H2,1-5H3. The van der Waals surface area contributed by atoms with Crippen molar-refractivity contribution in [2.24, 2.45) is 5.41 Å². The van der Waals surface area contributed by atoms with Crippen LogP contribution in [0.2, 0.25) is 0 Å². The summed E-state index contributed by atoms with van der Waals surface area (Å²) in [6, 6.07) is 3.79. The first-order valence-corrected chi connectivity index (χ1v) is 7.09. The molecule has 0 unspecified atom stereocenters. The predicted octanol–water partition coefficient (Wildman–Crippen LogP) is 2.58. The van der Waals surface area contributed by atoms with Crippen molar-refractivity contribution in [2.75, 3.05) is 6.54 Å². The van der Waals surface area contributed by atoms with Gasteiger partial charge in [0.2, 0.25) is 11.8 Å². The molecule has 21 heavy (non-hydrogen) atoms. The number of ketones is 1. The fraction of sp³-hybridized carbons (Fsp3) is 0.471. The zero-order chi connectivity index (χ0) is 15.9.